The van der Waals surface area contributed by atoms with Gasteiger partial charge in [-0.2, -0.15) is 5.26 Å². The molecule has 2 aromatic heterocycles. The summed E-state index contributed by atoms with van der Waals surface area (Å²) in [5.74, 6) is 0.471. The number of esters is 1. The zero-order valence-electron chi connectivity index (χ0n) is 18.6. The van der Waals surface area contributed by atoms with Crippen molar-refractivity contribution in [3.8, 4) is 28.8 Å². The Morgan fingerprint density at radius 3 is 2.52 bits per heavy atom. The number of rotatable bonds is 8. The Hall–Kier alpha value is -3.68. The van der Waals surface area contributed by atoms with Crippen LogP contribution in [0.1, 0.15) is 37.5 Å². The summed E-state index contributed by atoms with van der Waals surface area (Å²) >= 11 is 2.44. The molecular formula is C23H21N3O5S2. The van der Waals surface area contributed by atoms with E-state index in [0.29, 0.717) is 37.6 Å². The number of nitriles is 1. The molecule has 170 valence electrons. The first-order valence-electron chi connectivity index (χ1n) is 9.62. The lowest BCUT2D eigenvalue weighted by Gasteiger charge is -2.08. The summed E-state index contributed by atoms with van der Waals surface area (Å²) in [5, 5.41) is 15.4. The monoisotopic (exact) mass is 483 g/mol. The molecule has 0 saturated carbocycles. The maximum absolute atomic E-state index is 12.3. The molecule has 33 heavy (non-hydrogen) atoms. The van der Waals surface area contributed by atoms with Crippen LogP contribution in [0.25, 0.3) is 16.8 Å². The molecule has 0 amide bonds. The van der Waals surface area contributed by atoms with Crippen LogP contribution in [0.5, 0.6) is 11.5 Å². The summed E-state index contributed by atoms with van der Waals surface area (Å²) in [5.41, 5.74) is 2.58. The van der Waals surface area contributed by atoms with Crippen molar-refractivity contribution in [2.75, 3.05) is 26.6 Å². The molecule has 3 aromatic rings. The predicted octanol–water partition coefficient (Wildman–Crippen LogP) is 5.16. The van der Waals surface area contributed by atoms with Gasteiger partial charge < -0.3 is 19.5 Å². The highest BCUT2D eigenvalue weighted by Crippen LogP contribution is 2.36. The van der Waals surface area contributed by atoms with Gasteiger partial charge in [-0.15, -0.1) is 22.7 Å². The number of ether oxygens (including phenoxy) is 3. The minimum absolute atomic E-state index is 0.153. The van der Waals surface area contributed by atoms with Gasteiger partial charge in [0.05, 0.1) is 37.5 Å². The van der Waals surface area contributed by atoms with Gasteiger partial charge in [0.2, 0.25) is 0 Å². The molecule has 0 atom stereocenters. The number of carbonyl (C=O) groups is 2. The van der Waals surface area contributed by atoms with Gasteiger partial charge in [0, 0.05) is 17.1 Å². The van der Waals surface area contributed by atoms with E-state index in [9.17, 15) is 14.9 Å². The first-order chi connectivity index (χ1) is 15.8. The van der Waals surface area contributed by atoms with Crippen molar-refractivity contribution < 1.29 is 23.8 Å². The van der Waals surface area contributed by atoms with Gasteiger partial charge in [-0.3, -0.25) is 4.79 Å². The maximum Gasteiger partial charge on any atom is 0.341 e. The molecular weight excluding hydrogens is 462 g/mol. The largest absolute Gasteiger partial charge is 0.493 e. The number of hydrogen-bond donors (Lipinski definition) is 1. The van der Waals surface area contributed by atoms with Crippen LogP contribution in [0.15, 0.2) is 29.8 Å². The predicted molar refractivity (Wildman–Crippen MR) is 128 cm³/mol. The fraction of sp³-hybridized carbons (Fsp3) is 0.217. The third kappa shape index (κ3) is 4.89. The normalized spacial score (nSPS) is 11.0. The van der Waals surface area contributed by atoms with Gasteiger partial charge >= 0.3 is 5.97 Å². The molecule has 1 aromatic carbocycles. The smallest absolute Gasteiger partial charge is 0.341 e. The number of ketones is 1. The molecule has 0 radical (unpaired) electrons. The molecule has 0 spiro atoms. The number of aromatic nitrogens is 1. The van der Waals surface area contributed by atoms with E-state index in [1.165, 1.54) is 31.6 Å². The summed E-state index contributed by atoms with van der Waals surface area (Å²) in [6.07, 6.45) is 1.47. The SMILES string of the molecule is COC(=O)c1c(NC=C(C#N)c2nc(-c3ccc(OC)c(OC)c3)cs2)sc(C(C)=O)c1C. The van der Waals surface area contributed by atoms with Crippen molar-refractivity contribution >= 4 is 45.0 Å². The number of nitrogens with one attached hydrogen (secondary N) is 1. The Morgan fingerprint density at radius 2 is 1.91 bits per heavy atom. The van der Waals surface area contributed by atoms with E-state index >= 15 is 0 Å². The molecule has 0 aliphatic carbocycles. The van der Waals surface area contributed by atoms with Crippen molar-refractivity contribution in [1.29, 1.82) is 5.26 Å². The number of allylic oxidation sites excluding steroid dienone is 1. The van der Waals surface area contributed by atoms with Crippen molar-refractivity contribution in [1.82, 2.24) is 4.98 Å². The molecule has 0 unspecified atom stereocenters. The second-order valence-electron chi connectivity index (χ2n) is 6.73. The second-order valence-corrected chi connectivity index (χ2v) is 8.61. The van der Waals surface area contributed by atoms with Crippen LogP contribution in [0, 0.1) is 18.3 Å². The van der Waals surface area contributed by atoms with E-state index in [0.717, 1.165) is 16.9 Å². The Morgan fingerprint density at radius 1 is 1.18 bits per heavy atom. The molecule has 0 aliphatic heterocycles. The lowest BCUT2D eigenvalue weighted by Crippen LogP contribution is -2.05. The maximum atomic E-state index is 12.3. The first-order valence-corrected chi connectivity index (χ1v) is 11.3. The van der Waals surface area contributed by atoms with Crippen molar-refractivity contribution in [3.63, 3.8) is 0 Å². The van der Waals surface area contributed by atoms with Crippen LogP contribution in [-0.4, -0.2) is 38.1 Å². The fourth-order valence-corrected chi connectivity index (χ4v) is 4.96. The summed E-state index contributed by atoms with van der Waals surface area (Å²) < 4.78 is 15.5. The number of thiazole rings is 1. The molecule has 0 aliphatic rings. The van der Waals surface area contributed by atoms with Crippen molar-refractivity contribution in [3.05, 3.63) is 50.8 Å². The lowest BCUT2D eigenvalue weighted by molar-refractivity contribution is 0.0601. The Labute approximate surface area is 199 Å². The van der Waals surface area contributed by atoms with Gasteiger partial charge in [0.25, 0.3) is 0 Å². The standard InChI is InChI=1S/C23H21N3O5S2/c1-12-19(23(28)31-5)22(33-20(12)13(2)27)25-10-15(9-24)21-26-16(11-32-21)14-6-7-17(29-3)18(8-14)30-4/h6-8,10-11,25H,1-5H3. The molecule has 10 heteroatoms. The third-order valence-corrected chi connectivity index (χ3v) is 6.94. The number of hydrogen-bond acceptors (Lipinski definition) is 10. The van der Waals surface area contributed by atoms with E-state index in [4.69, 9.17) is 14.2 Å². The number of nitrogens with zero attached hydrogens (tertiary/aromatic N) is 2. The molecule has 0 fully saturated rings. The number of carbonyl (C=O) groups excluding carboxylic acids is 2. The summed E-state index contributed by atoms with van der Waals surface area (Å²) in [4.78, 5) is 29.2. The van der Waals surface area contributed by atoms with Crippen LogP contribution in [-0.2, 0) is 4.74 Å². The van der Waals surface area contributed by atoms with Gasteiger partial charge in [-0.1, -0.05) is 0 Å². The molecule has 8 nitrogen and oxygen atoms in total. The summed E-state index contributed by atoms with van der Waals surface area (Å²) in [7, 11) is 4.40. The fourth-order valence-electron chi connectivity index (χ4n) is 3.10. The lowest BCUT2D eigenvalue weighted by atomic mass is 10.1. The van der Waals surface area contributed by atoms with Gasteiger partial charge in [0.15, 0.2) is 17.3 Å². The van der Waals surface area contributed by atoms with Crippen molar-refractivity contribution in [2.24, 2.45) is 0 Å². The van der Waals surface area contributed by atoms with Crippen LogP contribution >= 0.6 is 22.7 Å². The zero-order chi connectivity index (χ0) is 24.1. The van der Waals surface area contributed by atoms with Gasteiger partial charge in [-0.25, -0.2) is 9.78 Å². The molecule has 1 N–H and O–H groups in total. The Kier molecular flexibility index (Phi) is 7.48. The van der Waals surface area contributed by atoms with E-state index in [1.807, 2.05) is 17.5 Å². The van der Waals surface area contributed by atoms with Crippen LogP contribution in [0.2, 0.25) is 0 Å². The number of Topliss-reactive ketones (excluding diaryl/α,β-unsaturated/α-hetero) is 1. The van der Waals surface area contributed by atoms with Crippen LogP contribution in [0.4, 0.5) is 5.00 Å². The summed E-state index contributed by atoms with van der Waals surface area (Å²) in [6.45, 7) is 3.13. The first kappa shape index (κ1) is 24.0. The quantitative estimate of drug-likeness (QED) is 0.266. The number of methoxy groups -OCH3 is 3. The average Bonchev–Trinajstić information content (AvgIpc) is 3.43. The zero-order valence-corrected chi connectivity index (χ0v) is 20.3. The minimum Gasteiger partial charge on any atom is -0.493 e. The van der Waals surface area contributed by atoms with Crippen LogP contribution < -0.4 is 14.8 Å². The summed E-state index contributed by atoms with van der Waals surface area (Å²) in [6, 6.07) is 7.58. The van der Waals surface area contributed by atoms with E-state index in [-0.39, 0.29) is 16.9 Å². The minimum atomic E-state index is -0.560. The highest BCUT2D eigenvalue weighted by Gasteiger charge is 2.23. The molecule has 3 rings (SSSR count). The Bertz CT molecular complexity index is 1280. The number of thiophene rings is 1. The topological polar surface area (TPSA) is 111 Å². The number of benzene rings is 1. The van der Waals surface area contributed by atoms with Crippen molar-refractivity contribution in [2.45, 2.75) is 13.8 Å². The van der Waals surface area contributed by atoms with Gasteiger partial charge in [0.1, 0.15) is 21.7 Å². The third-order valence-electron chi connectivity index (χ3n) is 4.74. The molecule has 0 saturated heterocycles. The Balaban J connectivity index is 1.93. The molecule has 2 heterocycles. The van der Waals surface area contributed by atoms with E-state index in [2.05, 4.69) is 16.4 Å². The molecule has 0 bridgehead atoms. The van der Waals surface area contributed by atoms with Crippen LogP contribution in [0.3, 0.4) is 0 Å². The highest BCUT2D eigenvalue weighted by molar-refractivity contribution is 7.18. The average molecular weight is 484 g/mol. The second kappa shape index (κ2) is 10.3. The van der Waals surface area contributed by atoms with E-state index < -0.39 is 5.97 Å². The number of anilines is 1. The van der Waals surface area contributed by atoms with Gasteiger partial charge in [-0.05, 0) is 37.6 Å². The van der Waals surface area contributed by atoms with E-state index in [1.54, 1.807) is 27.2 Å². The highest BCUT2D eigenvalue weighted by atomic mass is 32.1.